The third-order valence-electron chi connectivity index (χ3n) is 4.77. The minimum atomic E-state index is -3.78. The summed E-state index contributed by atoms with van der Waals surface area (Å²) in [5.74, 6) is -0.451. The van der Waals surface area contributed by atoms with Crippen LogP contribution in [0.4, 0.5) is 11.4 Å². The first kappa shape index (κ1) is 21.5. The van der Waals surface area contributed by atoms with Crippen molar-refractivity contribution in [3.63, 3.8) is 0 Å². The number of amides is 1. The summed E-state index contributed by atoms with van der Waals surface area (Å²) in [6, 6.07) is 20.4. The van der Waals surface area contributed by atoms with Crippen LogP contribution in [0.1, 0.15) is 5.56 Å². The van der Waals surface area contributed by atoms with Crippen molar-refractivity contribution in [2.24, 2.45) is 0 Å². The molecule has 1 amide bonds. The lowest BCUT2D eigenvalue weighted by Gasteiger charge is -2.34. The Morgan fingerprint density at radius 3 is 2.32 bits per heavy atom. The molecule has 6 nitrogen and oxygen atoms in total. The lowest BCUT2D eigenvalue weighted by atomic mass is 10.2. The van der Waals surface area contributed by atoms with E-state index in [4.69, 9.17) is 27.9 Å². The molecule has 0 spiro atoms. The largest absolute Gasteiger partial charge is 0.476 e. The number of nitrogens with one attached hydrogen (secondary N) is 1. The Hall–Kier alpha value is -2.74. The van der Waals surface area contributed by atoms with E-state index in [0.717, 1.165) is 0 Å². The van der Waals surface area contributed by atoms with Crippen molar-refractivity contribution in [2.75, 3.05) is 16.2 Å². The molecule has 4 rings (SSSR count). The van der Waals surface area contributed by atoms with Crippen LogP contribution in [0.2, 0.25) is 10.0 Å². The number of sulfonamides is 1. The molecule has 0 bridgehead atoms. The van der Waals surface area contributed by atoms with E-state index in [9.17, 15) is 13.2 Å². The Balaban J connectivity index is 1.63. The molecule has 1 N–H and O–H groups in total. The van der Waals surface area contributed by atoms with Gasteiger partial charge in [0, 0.05) is 0 Å². The smallest absolute Gasteiger partial charge is 0.267 e. The fraction of sp³-hybridized carbons (Fsp3) is 0.136. The van der Waals surface area contributed by atoms with Crippen LogP contribution >= 0.6 is 23.2 Å². The van der Waals surface area contributed by atoms with Crippen molar-refractivity contribution in [3.8, 4) is 5.75 Å². The first-order chi connectivity index (χ1) is 14.8. The molecule has 1 atom stereocenters. The van der Waals surface area contributed by atoms with Gasteiger partial charge in [-0.25, -0.2) is 8.42 Å². The van der Waals surface area contributed by atoms with E-state index < -0.39 is 22.0 Å². The molecule has 0 aromatic heterocycles. The van der Waals surface area contributed by atoms with E-state index in [-0.39, 0.29) is 28.0 Å². The zero-order chi connectivity index (χ0) is 22.0. The van der Waals surface area contributed by atoms with Crippen molar-refractivity contribution >= 4 is 50.5 Å². The summed E-state index contributed by atoms with van der Waals surface area (Å²) >= 11 is 12.3. The number of hydrogen-bond donors (Lipinski definition) is 1. The first-order valence-electron chi connectivity index (χ1n) is 9.40. The third-order valence-corrected chi connectivity index (χ3v) is 7.11. The summed E-state index contributed by atoms with van der Waals surface area (Å²) in [5.41, 5.74) is 1.28. The average molecular weight is 477 g/mol. The van der Waals surface area contributed by atoms with Crippen molar-refractivity contribution in [1.82, 2.24) is 0 Å². The average Bonchev–Trinajstić information content (AvgIpc) is 2.76. The molecule has 0 radical (unpaired) electrons. The van der Waals surface area contributed by atoms with Crippen molar-refractivity contribution in [2.45, 2.75) is 11.9 Å². The second-order valence-electron chi connectivity index (χ2n) is 6.93. The summed E-state index contributed by atoms with van der Waals surface area (Å²) in [5, 5.41) is 3.19. The van der Waals surface area contributed by atoms with E-state index >= 15 is 0 Å². The Morgan fingerprint density at radius 1 is 0.968 bits per heavy atom. The maximum Gasteiger partial charge on any atom is 0.267 e. The van der Waals surface area contributed by atoms with Gasteiger partial charge in [-0.3, -0.25) is 9.10 Å². The molecule has 1 heterocycles. The topological polar surface area (TPSA) is 75.7 Å². The molecular formula is C22H18Cl2N2O4S. The molecule has 3 aromatic rings. The van der Waals surface area contributed by atoms with Crippen LogP contribution < -0.4 is 14.4 Å². The second-order valence-corrected chi connectivity index (χ2v) is 9.64. The van der Waals surface area contributed by atoms with Gasteiger partial charge < -0.3 is 10.1 Å². The number of ether oxygens (including phenoxy) is 1. The maximum absolute atomic E-state index is 13.2. The number of carbonyl (C=O) groups is 1. The minimum absolute atomic E-state index is 0.180. The van der Waals surface area contributed by atoms with Gasteiger partial charge in [-0.15, -0.1) is 0 Å². The molecule has 3 aromatic carbocycles. The number of halogens is 2. The number of fused-ring (bicyclic) bond motifs is 1. The van der Waals surface area contributed by atoms with Gasteiger partial charge in [0.2, 0.25) is 10.0 Å². The van der Waals surface area contributed by atoms with E-state index in [1.54, 1.807) is 66.7 Å². The van der Waals surface area contributed by atoms with Crippen LogP contribution in [-0.2, 0) is 20.6 Å². The number of benzene rings is 3. The predicted molar refractivity (Wildman–Crippen MR) is 122 cm³/mol. The number of para-hydroxylation sites is 3. The van der Waals surface area contributed by atoms with Crippen LogP contribution in [0.5, 0.6) is 5.75 Å². The predicted octanol–water partition coefficient (Wildman–Crippen LogP) is 4.73. The lowest BCUT2D eigenvalue weighted by molar-refractivity contribution is -0.122. The highest BCUT2D eigenvalue weighted by atomic mass is 35.5. The summed E-state index contributed by atoms with van der Waals surface area (Å²) in [7, 11) is -3.78. The molecule has 1 aliphatic heterocycles. The van der Waals surface area contributed by atoms with Crippen LogP contribution in [-0.4, -0.2) is 27.0 Å². The molecular weight excluding hydrogens is 459 g/mol. The fourth-order valence-electron chi connectivity index (χ4n) is 3.29. The monoisotopic (exact) mass is 476 g/mol. The van der Waals surface area contributed by atoms with Crippen LogP contribution in [0, 0.1) is 0 Å². The van der Waals surface area contributed by atoms with E-state index in [0.29, 0.717) is 17.0 Å². The molecule has 9 heteroatoms. The van der Waals surface area contributed by atoms with Crippen molar-refractivity contribution in [1.29, 1.82) is 0 Å². The van der Waals surface area contributed by atoms with E-state index in [2.05, 4.69) is 5.32 Å². The Bertz CT molecular complexity index is 1200. The number of carbonyl (C=O) groups excluding carboxylic acids is 1. The number of rotatable bonds is 5. The molecule has 160 valence electrons. The van der Waals surface area contributed by atoms with Gasteiger partial charge in [0.05, 0.1) is 33.7 Å². The second kappa shape index (κ2) is 8.78. The highest BCUT2D eigenvalue weighted by Crippen LogP contribution is 2.36. The lowest BCUT2D eigenvalue weighted by Crippen LogP contribution is -2.49. The molecule has 0 saturated heterocycles. The quantitative estimate of drug-likeness (QED) is 0.577. The first-order valence-corrected chi connectivity index (χ1v) is 11.8. The fourth-order valence-corrected chi connectivity index (χ4v) is 5.36. The van der Waals surface area contributed by atoms with Gasteiger partial charge in [0.15, 0.2) is 6.10 Å². The molecule has 0 aliphatic carbocycles. The molecule has 0 saturated carbocycles. The molecule has 0 fully saturated rings. The van der Waals surface area contributed by atoms with Gasteiger partial charge in [0.25, 0.3) is 5.91 Å². The van der Waals surface area contributed by atoms with Gasteiger partial charge >= 0.3 is 0 Å². The Labute approximate surface area is 190 Å². The summed E-state index contributed by atoms with van der Waals surface area (Å²) in [4.78, 5) is 12.9. The Kier molecular flexibility index (Phi) is 6.09. The number of anilines is 2. The van der Waals surface area contributed by atoms with Crippen molar-refractivity contribution < 1.29 is 17.9 Å². The molecule has 1 aliphatic rings. The summed E-state index contributed by atoms with van der Waals surface area (Å²) < 4.78 is 33.5. The summed E-state index contributed by atoms with van der Waals surface area (Å²) in [6.07, 6.45) is -1.09. The normalized spacial score (nSPS) is 15.7. The van der Waals surface area contributed by atoms with Gasteiger partial charge in [0.1, 0.15) is 5.75 Å². The number of hydrogen-bond acceptors (Lipinski definition) is 4. The van der Waals surface area contributed by atoms with Crippen LogP contribution in [0.25, 0.3) is 0 Å². The van der Waals surface area contributed by atoms with Gasteiger partial charge in [-0.2, -0.15) is 0 Å². The van der Waals surface area contributed by atoms with Crippen LogP contribution in [0.3, 0.4) is 0 Å². The van der Waals surface area contributed by atoms with Gasteiger partial charge in [-0.05, 0) is 29.8 Å². The maximum atomic E-state index is 13.2. The minimum Gasteiger partial charge on any atom is -0.476 e. The molecule has 31 heavy (non-hydrogen) atoms. The van der Waals surface area contributed by atoms with Gasteiger partial charge in [-0.1, -0.05) is 71.7 Å². The zero-order valence-corrected chi connectivity index (χ0v) is 18.5. The standard InChI is InChI=1S/C22H18Cl2N2O4S/c23-16-9-6-10-17(24)21(16)25-22(27)20-13-26(18-11-4-5-12-19(18)30-20)31(28,29)14-15-7-2-1-3-8-15/h1-12,20H,13-14H2,(H,25,27)/t20-/m0/s1. The third kappa shape index (κ3) is 4.63. The Morgan fingerprint density at radius 2 is 1.61 bits per heavy atom. The summed E-state index contributed by atoms with van der Waals surface area (Å²) in [6.45, 7) is -0.180. The molecule has 0 unspecified atom stereocenters. The van der Waals surface area contributed by atoms with Crippen molar-refractivity contribution in [3.05, 3.63) is 88.4 Å². The highest BCUT2D eigenvalue weighted by Gasteiger charge is 2.37. The van der Waals surface area contributed by atoms with E-state index in [1.807, 2.05) is 6.07 Å². The van der Waals surface area contributed by atoms with E-state index in [1.165, 1.54) is 4.31 Å². The number of nitrogens with zero attached hydrogens (tertiary/aromatic N) is 1. The van der Waals surface area contributed by atoms with Crippen LogP contribution in [0.15, 0.2) is 72.8 Å². The SMILES string of the molecule is O=C(Nc1c(Cl)cccc1Cl)[C@@H]1CN(S(=O)(=O)Cc2ccccc2)c2ccccc2O1. The zero-order valence-electron chi connectivity index (χ0n) is 16.2. The highest BCUT2D eigenvalue weighted by molar-refractivity contribution is 7.92.